The second kappa shape index (κ2) is 6.40. The van der Waals surface area contributed by atoms with Crippen molar-refractivity contribution in [2.75, 3.05) is 6.54 Å². The number of nitrogens with one attached hydrogen (secondary N) is 1. The minimum Gasteiger partial charge on any atom is -0.348 e. The highest BCUT2D eigenvalue weighted by Gasteiger charge is 2.32. The first kappa shape index (κ1) is 16.1. The van der Waals surface area contributed by atoms with Crippen molar-refractivity contribution >= 4 is 11.6 Å². The number of aromatic nitrogens is 2. The zero-order valence-corrected chi connectivity index (χ0v) is 13.3. The molecule has 1 aromatic carbocycles. The van der Waals surface area contributed by atoms with Gasteiger partial charge in [-0.05, 0) is 30.9 Å². The summed E-state index contributed by atoms with van der Waals surface area (Å²) in [6.07, 6.45) is 3.82. The van der Waals surface area contributed by atoms with Gasteiger partial charge in [0.25, 0.3) is 11.6 Å². The summed E-state index contributed by atoms with van der Waals surface area (Å²) in [5, 5.41) is 18.1. The van der Waals surface area contributed by atoms with Gasteiger partial charge in [-0.3, -0.25) is 19.6 Å². The quantitative estimate of drug-likeness (QED) is 0.615. The lowest BCUT2D eigenvalue weighted by Gasteiger charge is -2.15. The molecule has 0 saturated heterocycles. The van der Waals surface area contributed by atoms with Crippen LogP contribution in [0, 0.1) is 16.0 Å². The first-order chi connectivity index (χ1) is 11.5. The smallest absolute Gasteiger partial charge is 0.269 e. The summed E-state index contributed by atoms with van der Waals surface area (Å²) in [5.41, 5.74) is 7.32. The molecule has 1 heterocycles. The van der Waals surface area contributed by atoms with E-state index in [-0.39, 0.29) is 17.6 Å². The molecule has 1 aliphatic carbocycles. The van der Waals surface area contributed by atoms with E-state index in [0.717, 1.165) is 12.8 Å². The summed E-state index contributed by atoms with van der Waals surface area (Å²) < 4.78 is 1.56. The average molecular weight is 329 g/mol. The monoisotopic (exact) mass is 329 g/mol. The topological polar surface area (TPSA) is 116 Å². The molecule has 1 saturated carbocycles. The fourth-order valence-electron chi connectivity index (χ4n) is 2.72. The molecular formula is C16H19N5O3. The first-order valence-electron chi connectivity index (χ1n) is 7.79. The van der Waals surface area contributed by atoms with E-state index in [1.807, 2.05) is 0 Å². The Balaban J connectivity index is 1.86. The molecular weight excluding hydrogens is 310 g/mol. The van der Waals surface area contributed by atoms with Gasteiger partial charge in [0.05, 0.1) is 10.5 Å². The summed E-state index contributed by atoms with van der Waals surface area (Å²) in [6, 6.07) is 5.97. The molecule has 0 aliphatic heterocycles. The minimum atomic E-state index is -0.461. The van der Waals surface area contributed by atoms with Crippen LogP contribution in [0.1, 0.15) is 23.2 Å². The normalized spacial score (nSPS) is 15.1. The number of nitro groups is 1. The number of carbonyl (C=O) groups excluding carboxylic acids is 1. The highest BCUT2D eigenvalue weighted by Crippen LogP contribution is 2.32. The molecule has 0 spiro atoms. The van der Waals surface area contributed by atoms with Crippen molar-refractivity contribution in [2.45, 2.75) is 18.9 Å². The highest BCUT2D eigenvalue weighted by molar-refractivity contribution is 6.00. The van der Waals surface area contributed by atoms with Crippen LogP contribution >= 0.6 is 0 Å². The van der Waals surface area contributed by atoms with Crippen LogP contribution in [0.5, 0.6) is 0 Å². The molecule has 3 N–H and O–H groups in total. The van der Waals surface area contributed by atoms with Gasteiger partial charge in [0.15, 0.2) is 0 Å². The number of nitro benzene ring substituents is 1. The lowest BCUT2D eigenvalue weighted by atomic mass is 10.1. The van der Waals surface area contributed by atoms with E-state index >= 15 is 0 Å². The highest BCUT2D eigenvalue weighted by atomic mass is 16.6. The zero-order chi connectivity index (χ0) is 17.3. The molecule has 1 atom stereocenters. The molecule has 2 aromatic rings. The molecule has 126 valence electrons. The third kappa shape index (κ3) is 3.28. The number of nitrogens with zero attached hydrogens (tertiary/aromatic N) is 3. The zero-order valence-electron chi connectivity index (χ0n) is 13.3. The lowest BCUT2D eigenvalue weighted by Crippen LogP contribution is -2.41. The molecule has 3 rings (SSSR count). The number of benzene rings is 1. The van der Waals surface area contributed by atoms with Crippen LogP contribution < -0.4 is 11.1 Å². The number of hydrogen-bond donors (Lipinski definition) is 2. The maximum atomic E-state index is 12.6. The Morgan fingerprint density at radius 3 is 2.67 bits per heavy atom. The van der Waals surface area contributed by atoms with Crippen LogP contribution in [0.4, 0.5) is 5.69 Å². The van der Waals surface area contributed by atoms with Crippen LogP contribution in [-0.4, -0.2) is 33.2 Å². The number of non-ortho nitro benzene ring substituents is 1. The van der Waals surface area contributed by atoms with E-state index in [0.29, 0.717) is 29.3 Å². The molecule has 0 radical (unpaired) electrons. The summed E-state index contributed by atoms with van der Waals surface area (Å²) in [7, 11) is 1.73. The average Bonchev–Trinajstić information content (AvgIpc) is 3.34. The summed E-state index contributed by atoms with van der Waals surface area (Å²) in [6.45, 7) is 0.406. The Bertz CT molecular complexity index is 765. The largest absolute Gasteiger partial charge is 0.348 e. The van der Waals surface area contributed by atoms with E-state index < -0.39 is 4.92 Å². The van der Waals surface area contributed by atoms with Gasteiger partial charge < -0.3 is 11.1 Å². The third-order valence-electron chi connectivity index (χ3n) is 4.19. The summed E-state index contributed by atoms with van der Waals surface area (Å²) >= 11 is 0. The number of carbonyl (C=O) groups is 1. The molecule has 8 nitrogen and oxygen atoms in total. The standard InChI is InChI=1S/C16H19N5O3/c1-20-9-13(16(22)18-14(8-17)10-2-3-10)15(19-20)11-4-6-12(7-5-11)21(23)24/h4-7,9-10,14H,2-3,8,17H2,1H3,(H,18,22). The van der Waals surface area contributed by atoms with Crippen molar-refractivity contribution in [3.05, 3.63) is 46.1 Å². The number of hydrogen-bond acceptors (Lipinski definition) is 5. The molecule has 8 heteroatoms. The molecule has 1 amide bonds. The SMILES string of the molecule is Cn1cc(C(=O)NC(CN)C2CC2)c(-c2ccc([N+](=O)[O-])cc2)n1. The maximum Gasteiger partial charge on any atom is 0.269 e. The van der Waals surface area contributed by atoms with Gasteiger partial charge in [-0.1, -0.05) is 0 Å². The van der Waals surface area contributed by atoms with Gasteiger partial charge in [0.2, 0.25) is 0 Å². The van der Waals surface area contributed by atoms with Crippen molar-refractivity contribution in [3.63, 3.8) is 0 Å². The fourth-order valence-corrected chi connectivity index (χ4v) is 2.72. The number of rotatable bonds is 6. The van der Waals surface area contributed by atoms with E-state index in [2.05, 4.69) is 10.4 Å². The van der Waals surface area contributed by atoms with Gasteiger partial charge in [-0.2, -0.15) is 5.10 Å². The number of nitrogens with two attached hydrogens (primary N) is 1. The second-order valence-electron chi connectivity index (χ2n) is 6.02. The molecule has 1 unspecified atom stereocenters. The Hall–Kier alpha value is -2.74. The van der Waals surface area contributed by atoms with Crippen molar-refractivity contribution in [2.24, 2.45) is 18.7 Å². The van der Waals surface area contributed by atoms with Crippen molar-refractivity contribution in [1.82, 2.24) is 15.1 Å². The van der Waals surface area contributed by atoms with Gasteiger partial charge in [-0.25, -0.2) is 0 Å². The second-order valence-corrected chi connectivity index (χ2v) is 6.02. The van der Waals surface area contributed by atoms with Gasteiger partial charge >= 0.3 is 0 Å². The Kier molecular flexibility index (Phi) is 4.30. The fraction of sp³-hybridized carbons (Fsp3) is 0.375. The van der Waals surface area contributed by atoms with Gasteiger partial charge in [0, 0.05) is 43.5 Å². The van der Waals surface area contributed by atoms with Crippen LogP contribution in [-0.2, 0) is 7.05 Å². The van der Waals surface area contributed by atoms with Crippen molar-refractivity contribution < 1.29 is 9.72 Å². The van der Waals surface area contributed by atoms with Gasteiger partial charge in [-0.15, -0.1) is 0 Å². The Morgan fingerprint density at radius 2 is 2.12 bits per heavy atom. The van der Waals surface area contributed by atoms with Crippen LogP contribution in [0.25, 0.3) is 11.3 Å². The third-order valence-corrected chi connectivity index (χ3v) is 4.19. The van der Waals surface area contributed by atoms with Crippen molar-refractivity contribution in [1.29, 1.82) is 0 Å². The maximum absolute atomic E-state index is 12.6. The van der Waals surface area contributed by atoms with Crippen molar-refractivity contribution in [3.8, 4) is 11.3 Å². The Labute approximate surface area is 138 Å². The van der Waals surface area contributed by atoms with E-state index in [1.54, 1.807) is 30.1 Å². The molecule has 0 bridgehead atoms. The van der Waals surface area contributed by atoms with E-state index in [9.17, 15) is 14.9 Å². The predicted octanol–water partition coefficient (Wildman–Crippen LogP) is 1.46. The lowest BCUT2D eigenvalue weighted by molar-refractivity contribution is -0.384. The van der Waals surface area contributed by atoms with Gasteiger partial charge in [0.1, 0.15) is 5.69 Å². The van der Waals surface area contributed by atoms with Crippen LogP contribution in [0.2, 0.25) is 0 Å². The minimum absolute atomic E-state index is 0.00221. The van der Waals surface area contributed by atoms with E-state index in [4.69, 9.17) is 5.73 Å². The molecule has 1 aromatic heterocycles. The predicted molar refractivity (Wildman–Crippen MR) is 88.3 cm³/mol. The summed E-state index contributed by atoms with van der Waals surface area (Å²) in [5.74, 6) is 0.234. The number of amides is 1. The van der Waals surface area contributed by atoms with Crippen LogP contribution in [0.3, 0.4) is 0 Å². The summed E-state index contributed by atoms with van der Waals surface area (Å²) in [4.78, 5) is 22.9. The molecule has 1 fully saturated rings. The first-order valence-corrected chi connectivity index (χ1v) is 7.79. The molecule has 24 heavy (non-hydrogen) atoms. The number of aryl methyl sites for hydroxylation is 1. The molecule has 1 aliphatic rings. The van der Waals surface area contributed by atoms with E-state index in [1.165, 1.54) is 12.1 Å². The van der Waals surface area contributed by atoms with Crippen LogP contribution in [0.15, 0.2) is 30.5 Å². The Morgan fingerprint density at radius 1 is 1.46 bits per heavy atom.